The molecule has 1 aromatic carbocycles. The predicted molar refractivity (Wildman–Crippen MR) is 131 cm³/mol. The van der Waals surface area contributed by atoms with Gasteiger partial charge in [0, 0.05) is 30.1 Å². The van der Waals surface area contributed by atoms with Gasteiger partial charge < -0.3 is 10.2 Å². The van der Waals surface area contributed by atoms with E-state index in [-0.39, 0.29) is 11.7 Å². The Labute approximate surface area is 198 Å². The van der Waals surface area contributed by atoms with Crippen LogP contribution in [-0.2, 0) is 0 Å². The molecule has 0 atom stereocenters. The molecule has 1 N–H and O–H groups in total. The van der Waals surface area contributed by atoms with Crippen LogP contribution < -0.4 is 5.32 Å². The molecule has 0 saturated carbocycles. The number of aromatic nitrogens is 3. The van der Waals surface area contributed by atoms with Gasteiger partial charge in [0.25, 0.3) is 5.91 Å². The number of fused-ring (bicyclic) bond motifs is 1. The van der Waals surface area contributed by atoms with Crippen molar-refractivity contribution in [2.75, 3.05) is 26.2 Å². The Kier molecular flexibility index (Phi) is 6.36. The smallest absolute Gasteiger partial charge is 0.255 e. The van der Waals surface area contributed by atoms with Crippen molar-refractivity contribution in [2.24, 2.45) is 0 Å². The van der Waals surface area contributed by atoms with Crippen molar-refractivity contribution in [3.05, 3.63) is 78.0 Å². The van der Waals surface area contributed by atoms with Crippen LogP contribution in [0.4, 0.5) is 4.39 Å². The number of benzene rings is 1. The topological polar surface area (TPSA) is 62.5 Å². The Balaban J connectivity index is 1.39. The lowest BCUT2D eigenvalue weighted by Gasteiger charge is -2.14. The number of carbonyl (C=O) groups excluding carboxylic acids is 1. The first-order chi connectivity index (χ1) is 16.6. The molecule has 0 spiro atoms. The maximum Gasteiger partial charge on any atom is 0.255 e. The highest BCUT2D eigenvalue weighted by Gasteiger charge is 2.16. The number of aryl methyl sites for hydroxylation is 1. The molecule has 7 heteroatoms. The van der Waals surface area contributed by atoms with Crippen molar-refractivity contribution >= 4 is 11.4 Å². The molecule has 0 aliphatic carbocycles. The fraction of sp³-hybridized carbons (Fsp3) is 0.296. The zero-order valence-corrected chi connectivity index (χ0v) is 19.3. The molecular weight excluding hydrogens is 429 g/mol. The predicted octanol–water partition coefficient (Wildman–Crippen LogP) is 4.73. The molecule has 5 rings (SSSR count). The van der Waals surface area contributed by atoms with Crippen molar-refractivity contribution in [1.29, 1.82) is 0 Å². The third kappa shape index (κ3) is 4.56. The van der Waals surface area contributed by atoms with E-state index in [0.29, 0.717) is 17.7 Å². The third-order valence-electron chi connectivity index (χ3n) is 6.45. The Hall–Kier alpha value is -3.58. The minimum absolute atomic E-state index is 0.117. The van der Waals surface area contributed by atoms with Crippen molar-refractivity contribution in [1.82, 2.24) is 24.8 Å². The van der Waals surface area contributed by atoms with Gasteiger partial charge in [0.2, 0.25) is 0 Å². The minimum Gasteiger partial charge on any atom is -0.352 e. The van der Waals surface area contributed by atoms with E-state index in [4.69, 9.17) is 0 Å². The zero-order valence-electron chi connectivity index (χ0n) is 19.3. The van der Waals surface area contributed by atoms with Gasteiger partial charge >= 0.3 is 0 Å². The molecule has 0 radical (unpaired) electrons. The van der Waals surface area contributed by atoms with Crippen LogP contribution in [0, 0.1) is 12.7 Å². The fourth-order valence-electron chi connectivity index (χ4n) is 4.59. The van der Waals surface area contributed by atoms with Gasteiger partial charge in [-0.15, -0.1) is 0 Å². The summed E-state index contributed by atoms with van der Waals surface area (Å²) in [4.78, 5) is 19.9. The molecule has 1 aliphatic rings. The molecule has 1 saturated heterocycles. The lowest BCUT2D eigenvalue weighted by atomic mass is 9.98. The number of amides is 1. The van der Waals surface area contributed by atoms with E-state index in [1.807, 2.05) is 30.5 Å². The van der Waals surface area contributed by atoms with Gasteiger partial charge in [0.05, 0.1) is 23.0 Å². The molecule has 6 nitrogen and oxygen atoms in total. The lowest BCUT2D eigenvalue weighted by molar-refractivity contribution is 0.0953. The maximum atomic E-state index is 13.8. The van der Waals surface area contributed by atoms with Crippen LogP contribution >= 0.6 is 0 Å². The number of carbonyl (C=O) groups is 1. The van der Waals surface area contributed by atoms with Crippen molar-refractivity contribution in [3.63, 3.8) is 0 Å². The fourth-order valence-corrected chi connectivity index (χ4v) is 4.59. The van der Waals surface area contributed by atoms with Gasteiger partial charge in [-0.3, -0.25) is 9.78 Å². The molecule has 174 valence electrons. The standard InChI is InChI=1S/C27H28FN5O/c1-19-16-21(7-8-24(19)28)26-22(6-4-10-29-26)20-9-15-33-25(17-20)23(18-31-33)27(34)30-11-5-14-32-12-2-3-13-32/h4,6-10,15-18H,2-3,5,11-14H2,1H3,(H,30,34). The summed E-state index contributed by atoms with van der Waals surface area (Å²) in [7, 11) is 0. The molecule has 0 bridgehead atoms. The van der Waals surface area contributed by atoms with Crippen LogP contribution in [0.2, 0.25) is 0 Å². The van der Waals surface area contributed by atoms with E-state index in [9.17, 15) is 9.18 Å². The van der Waals surface area contributed by atoms with Gasteiger partial charge in [-0.2, -0.15) is 5.10 Å². The number of nitrogens with one attached hydrogen (secondary N) is 1. The molecule has 4 aromatic rings. The highest BCUT2D eigenvalue weighted by Crippen LogP contribution is 2.32. The monoisotopic (exact) mass is 457 g/mol. The SMILES string of the molecule is Cc1cc(-c2ncccc2-c2ccn3ncc(C(=O)NCCCN4CCCC4)c3c2)ccc1F. The number of pyridine rings is 2. The molecule has 0 unspecified atom stereocenters. The number of likely N-dealkylation sites (tertiary alicyclic amines) is 1. The maximum absolute atomic E-state index is 13.8. The van der Waals surface area contributed by atoms with Crippen molar-refractivity contribution < 1.29 is 9.18 Å². The second-order valence-electron chi connectivity index (χ2n) is 8.83. The van der Waals surface area contributed by atoms with E-state index in [0.717, 1.165) is 40.9 Å². The Morgan fingerprint density at radius 1 is 1.12 bits per heavy atom. The second-order valence-corrected chi connectivity index (χ2v) is 8.83. The van der Waals surface area contributed by atoms with Gasteiger partial charge in [-0.25, -0.2) is 8.91 Å². The number of nitrogens with zero attached hydrogens (tertiary/aromatic N) is 4. The number of hydrogen-bond donors (Lipinski definition) is 1. The van der Waals surface area contributed by atoms with Crippen molar-refractivity contribution in [3.8, 4) is 22.4 Å². The summed E-state index contributed by atoms with van der Waals surface area (Å²) in [6.07, 6.45) is 8.68. The molecule has 34 heavy (non-hydrogen) atoms. The minimum atomic E-state index is -0.238. The highest BCUT2D eigenvalue weighted by atomic mass is 19.1. The molecule has 3 aromatic heterocycles. The van der Waals surface area contributed by atoms with Gasteiger partial charge in [0.1, 0.15) is 5.82 Å². The second kappa shape index (κ2) is 9.73. The Morgan fingerprint density at radius 2 is 1.97 bits per heavy atom. The summed E-state index contributed by atoms with van der Waals surface area (Å²) in [6, 6.07) is 12.8. The quantitative estimate of drug-likeness (QED) is 0.408. The van der Waals surface area contributed by atoms with E-state index in [2.05, 4.69) is 20.3 Å². The number of halogens is 1. The summed E-state index contributed by atoms with van der Waals surface area (Å²) in [5.41, 5.74) is 5.30. The summed E-state index contributed by atoms with van der Waals surface area (Å²) in [5.74, 6) is -0.355. The van der Waals surface area contributed by atoms with Crippen molar-refractivity contribution in [2.45, 2.75) is 26.2 Å². The van der Waals surface area contributed by atoms with E-state index in [1.54, 1.807) is 36.0 Å². The van der Waals surface area contributed by atoms with E-state index < -0.39 is 0 Å². The summed E-state index contributed by atoms with van der Waals surface area (Å²) in [5, 5.41) is 7.40. The molecule has 1 aliphatic heterocycles. The van der Waals surface area contributed by atoms with Crippen LogP contribution in [0.3, 0.4) is 0 Å². The molecular formula is C27H28FN5O. The van der Waals surface area contributed by atoms with Crippen LogP contribution in [-0.4, -0.2) is 51.6 Å². The first-order valence-corrected chi connectivity index (χ1v) is 11.8. The van der Waals surface area contributed by atoms with E-state index in [1.165, 1.54) is 32.0 Å². The lowest BCUT2D eigenvalue weighted by Crippen LogP contribution is -2.28. The van der Waals surface area contributed by atoms with Crippen LogP contribution in [0.5, 0.6) is 0 Å². The first kappa shape index (κ1) is 22.2. The first-order valence-electron chi connectivity index (χ1n) is 11.8. The Bertz CT molecular complexity index is 1330. The largest absolute Gasteiger partial charge is 0.352 e. The van der Waals surface area contributed by atoms with Gasteiger partial charge in [-0.1, -0.05) is 6.07 Å². The number of rotatable bonds is 7. The Morgan fingerprint density at radius 3 is 2.79 bits per heavy atom. The van der Waals surface area contributed by atoms with Gasteiger partial charge in [-0.05, 0) is 93.3 Å². The average Bonchev–Trinajstić information content (AvgIpc) is 3.53. The van der Waals surface area contributed by atoms with E-state index >= 15 is 0 Å². The number of hydrogen-bond acceptors (Lipinski definition) is 4. The van der Waals surface area contributed by atoms with Crippen LogP contribution in [0.25, 0.3) is 27.9 Å². The summed E-state index contributed by atoms with van der Waals surface area (Å²) in [6.45, 7) is 5.74. The summed E-state index contributed by atoms with van der Waals surface area (Å²) < 4.78 is 15.5. The average molecular weight is 458 g/mol. The van der Waals surface area contributed by atoms with Crippen LogP contribution in [0.1, 0.15) is 35.2 Å². The van der Waals surface area contributed by atoms with Gasteiger partial charge in [0.15, 0.2) is 0 Å². The zero-order chi connectivity index (χ0) is 23.5. The molecule has 1 amide bonds. The molecule has 1 fully saturated rings. The summed E-state index contributed by atoms with van der Waals surface area (Å²) >= 11 is 0. The highest BCUT2D eigenvalue weighted by molar-refractivity contribution is 6.01. The normalized spacial score (nSPS) is 14.1. The van der Waals surface area contributed by atoms with Crippen LogP contribution in [0.15, 0.2) is 61.1 Å². The third-order valence-corrected chi connectivity index (χ3v) is 6.45. The molecule has 4 heterocycles.